The first-order valence-corrected chi connectivity index (χ1v) is 11.4. The van der Waals surface area contributed by atoms with Gasteiger partial charge in [0.1, 0.15) is 14.2 Å². The van der Waals surface area contributed by atoms with Crippen LogP contribution >= 0.6 is 0 Å². The minimum Gasteiger partial charge on any atom is -0.353 e. The average Bonchev–Trinajstić information content (AvgIpc) is 2.40. The van der Waals surface area contributed by atoms with Gasteiger partial charge in [-0.3, -0.25) is 0 Å². The van der Waals surface area contributed by atoms with E-state index < -0.39 is 14.2 Å². The van der Waals surface area contributed by atoms with E-state index in [0.717, 1.165) is 38.7 Å². The Morgan fingerprint density at radius 2 is 1.95 bits per heavy atom. The Morgan fingerprint density at radius 1 is 1.15 bits per heavy atom. The van der Waals surface area contributed by atoms with E-state index in [0.29, 0.717) is 6.42 Å². The van der Waals surface area contributed by atoms with Crippen molar-refractivity contribution in [1.82, 2.24) is 0 Å². The third-order valence-corrected chi connectivity index (χ3v) is 4.72. The molecular weight excluding hydrogens is 271 g/mol. The predicted molar refractivity (Wildman–Crippen MR) is 81.8 cm³/mol. The van der Waals surface area contributed by atoms with Crippen molar-refractivity contribution >= 4 is 8.07 Å². The topological polar surface area (TPSA) is 18.5 Å². The Hall–Kier alpha value is -0.373. The lowest BCUT2D eigenvalue weighted by molar-refractivity contribution is -0.206. The minimum absolute atomic E-state index is 0.184. The minimum atomic E-state index is -1.35. The van der Waals surface area contributed by atoms with Crippen molar-refractivity contribution in [2.45, 2.75) is 76.7 Å². The van der Waals surface area contributed by atoms with Crippen LogP contribution in [0.2, 0.25) is 19.6 Å². The van der Waals surface area contributed by atoms with E-state index in [1.165, 1.54) is 0 Å². The smallest absolute Gasteiger partial charge is 0.158 e. The van der Waals surface area contributed by atoms with Crippen molar-refractivity contribution in [3.63, 3.8) is 0 Å². The summed E-state index contributed by atoms with van der Waals surface area (Å²) in [6.07, 6.45) is 4.00. The van der Waals surface area contributed by atoms with Gasteiger partial charge >= 0.3 is 0 Å². The first kappa shape index (κ1) is 16.0. The van der Waals surface area contributed by atoms with Crippen molar-refractivity contribution in [2.75, 3.05) is 6.61 Å². The Balaban J connectivity index is 1.80. The van der Waals surface area contributed by atoms with Gasteiger partial charge in [0, 0.05) is 12.5 Å². The van der Waals surface area contributed by atoms with Crippen LogP contribution in [0.5, 0.6) is 0 Å². The van der Waals surface area contributed by atoms with E-state index in [1.807, 2.05) is 0 Å². The third kappa shape index (κ3) is 5.20. The van der Waals surface area contributed by atoms with Gasteiger partial charge in [0.25, 0.3) is 0 Å². The maximum absolute atomic E-state index is 14.2. The number of halogens is 1. The van der Waals surface area contributed by atoms with Crippen molar-refractivity contribution in [2.24, 2.45) is 5.92 Å². The van der Waals surface area contributed by atoms with Crippen LogP contribution in [-0.2, 0) is 9.47 Å². The lowest BCUT2D eigenvalue weighted by Gasteiger charge is -2.33. The largest absolute Gasteiger partial charge is 0.353 e. The Kier molecular flexibility index (Phi) is 5.65. The molecule has 4 unspecified atom stereocenters. The molecule has 4 atom stereocenters. The molecule has 1 saturated carbocycles. The summed E-state index contributed by atoms with van der Waals surface area (Å²) in [5, 5.41) is 0. The molecule has 2 nitrogen and oxygen atoms in total. The molecule has 20 heavy (non-hydrogen) atoms. The second-order valence-corrected chi connectivity index (χ2v) is 11.8. The molecule has 2 rings (SSSR count). The second kappa shape index (κ2) is 7.06. The number of rotatable bonds is 2. The first-order valence-electron chi connectivity index (χ1n) is 7.88. The molecule has 114 valence electrons. The highest BCUT2D eigenvalue weighted by Gasteiger charge is 2.33. The van der Waals surface area contributed by atoms with Gasteiger partial charge < -0.3 is 9.47 Å². The highest BCUT2D eigenvalue weighted by atomic mass is 28.3. The summed E-state index contributed by atoms with van der Waals surface area (Å²) >= 11 is 0. The molecule has 1 aliphatic carbocycles. The molecular formula is C16H27FO2Si. The fourth-order valence-electron chi connectivity index (χ4n) is 2.70. The number of alkyl halides is 1. The summed E-state index contributed by atoms with van der Waals surface area (Å²) < 4.78 is 25.6. The number of hydrogen-bond acceptors (Lipinski definition) is 2. The van der Waals surface area contributed by atoms with Crippen LogP contribution in [0.3, 0.4) is 0 Å². The number of hydrogen-bond donors (Lipinski definition) is 0. The molecule has 0 spiro atoms. The van der Waals surface area contributed by atoms with E-state index in [9.17, 15) is 4.39 Å². The summed E-state index contributed by atoms with van der Waals surface area (Å²) in [5.74, 6) is 3.51. The normalized spacial score (nSPS) is 35.2. The zero-order valence-electron chi connectivity index (χ0n) is 13.0. The molecule has 0 radical (unpaired) electrons. The highest BCUT2D eigenvalue weighted by Crippen LogP contribution is 2.30. The fourth-order valence-corrected chi connectivity index (χ4v) is 3.34. The molecule has 1 heterocycles. The van der Waals surface area contributed by atoms with Gasteiger partial charge in [0.2, 0.25) is 0 Å². The quantitative estimate of drug-likeness (QED) is 0.568. The van der Waals surface area contributed by atoms with Crippen molar-refractivity contribution < 1.29 is 13.9 Å². The Bertz CT molecular complexity index is 363. The standard InChI is InChI=1S/C16H27FO2Si/c1-20(2,3)11-9-13-7-8-15(14(17)12-13)19-16-6-4-5-10-18-16/h13-16H,4-8,10,12H2,1-3H3. The van der Waals surface area contributed by atoms with Crippen LogP contribution in [0, 0.1) is 17.4 Å². The molecule has 1 aliphatic heterocycles. The molecule has 0 aromatic carbocycles. The molecule has 4 heteroatoms. The van der Waals surface area contributed by atoms with Gasteiger partial charge in [0.05, 0.1) is 6.10 Å². The SMILES string of the molecule is C[Si](C)(C)C#CC1CCC(OC2CCCCO2)C(F)C1. The molecule has 0 N–H and O–H groups in total. The molecule has 0 aromatic rings. The first-order chi connectivity index (χ1) is 9.44. The van der Waals surface area contributed by atoms with Gasteiger partial charge in [-0.05, 0) is 38.5 Å². The summed E-state index contributed by atoms with van der Waals surface area (Å²) in [4.78, 5) is 0. The lowest BCUT2D eigenvalue weighted by Crippen LogP contribution is -2.37. The van der Waals surface area contributed by atoms with Crippen molar-refractivity contribution in [3.8, 4) is 11.5 Å². The third-order valence-electron chi connectivity index (χ3n) is 3.83. The molecule has 0 bridgehead atoms. The molecule has 2 aliphatic rings. The van der Waals surface area contributed by atoms with Crippen LogP contribution < -0.4 is 0 Å². The Labute approximate surface area is 123 Å². The summed E-state index contributed by atoms with van der Waals surface area (Å²) in [6.45, 7) is 7.42. The lowest BCUT2D eigenvalue weighted by atomic mass is 9.86. The summed E-state index contributed by atoms with van der Waals surface area (Å²) in [5.41, 5.74) is 3.37. The van der Waals surface area contributed by atoms with E-state index >= 15 is 0 Å². The van der Waals surface area contributed by atoms with Crippen LogP contribution in [0.25, 0.3) is 0 Å². The van der Waals surface area contributed by atoms with Crippen molar-refractivity contribution in [3.05, 3.63) is 0 Å². The summed E-state index contributed by atoms with van der Waals surface area (Å²) in [7, 11) is -1.35. The van der Waals surface area contributed by atoms with Gasteiger partial charge in [-0.1, -0.05) is 19.6 Å². The zero-order chi connectivity index (χ0) is 14.6. The highest BCUT2D eigenvalue weighted by molar-refractivity contribution is 6.83. The second-order valence-electron chi connectivity index (χ2n) is 7.02. The fraction of sp³-hybridized carbons (Fsp3) is 0.875. The van der Waals surface area contributed by atoms with Crippen LogP contribution in [0.15, 0.2) is 0 Å². The number of ether oxygens (including phenoxy) is 2. The van der Waals surface area contributed by atoms with Crippen LogP contribution in [-0.4, -0.2) is 33.2 Å². The molecule has 0 aromatic heterocycles. The maximum Gasteiger partial charge on any atom is 0.158 e. The van der Waals surface area contributed by atoms with E-state index in [4.69, 9.17) is 9.47 Å². The van der Waals surface area contributed by atoms with Gasteiger partial charge in [0.15, 0.2) is 6.29 Å². The van der Waals surface area contributed by atoms with Crippen LogP contribution in [0.4, 0.5) is 4.39 Å². The van der Waals surface area contributed by atoms with E-state index in [1.54, 1.807) is 0 Å². The van der Waals surface area contributed by atoms with Crippen LogP contribution in [0.1, 0.15) is 38.5 Å². The van der Waals surface area contributed by atoms with Gasteiger partial charge in [-0.2, -0.15) is 0 Å². The van der Waals surface area contributed by atoms with Gasteiger partial charge in [-0.25, -0.2) is 4.39 Å². The van der Waals surface area contributed by atoms with E-state index in [2.05, 4.69) is 31.1 Å². The van der Waals surface area contributed by atoms with Crippen molar-refractivity contribution in [1.29, 1.82) is 0 Å². The average molecular weight is 298 g/mol. The zero-order valence-corrected chi connectivity index (χ0v) is 14.0. The Morgan fingerprint density at radius 3 is 2.55 bits per heavy atom. The monoisotopic (exact) mass is 298 g/mol. The van der Waals surface area contributed by atoms with E-state index in [-0.39, 0.29) is 18.3 Å². The molecule has 1 saturated heterocycles. The predicted octanol–water partition coefficient (Wildman–Crippen LogP) is 3.92. The van der Waals surface area contributed by atoms with Gasteiger partial charge in [-0.15, -0.1) is 11.5 Å². The summed E-state index contributed by atoms with van der Waals surface area (Å²) in [6, 6.07) is 0. The maximum atomic E-state index is 14.2. The molecule has 0 amide bonds. The molecule has 2 fully saturated rings.